The van der Waals surface area contributed by atoms with Crippen LogP contribution in [0.15, 0.2) is 44.4 Å². The molecular formula is C15H15NO5. The Bertz CT molecular complexity index is 688. The molecule has 0 N–H and O–H groups in total. The molecule has 0 unspecified atom stereocenters. The highest BCUT2D eigenvalue weighted by atomic mass is 16.5. The van der Waals surface area contributed by atoms with E-state index in [1.54, 1.807) is 24.0 Å². The van der Waals surface area contributed by atoms with Gasteiger partial charge in [-0.1, -0.05) is 0 Å². The number of nitrogens with zero attached hydrogens (tertiary/aromatic N) is 1. The van der Waals surface area contributed by atoms with Crippen LogP contribution < -0.4 is 10.4 Å². The predicted octanol–water partition coefficient (Wildman–Crippen LogP) is 1.83. The number of carbonyl (C=O) groups excluding carboxylic acids is 1. The molecule has 2 aromatic rings. The summed E-state index contributed by atoms with van der Waals surface area (Å²) in [6.07, 6.45) is 3.51. The average molecular weight is 289 g/mol. The Morgan fingerprint density at radius 3 is 3.00 bits per heavy atom. The lowest BCUT2D eigenvalue weighted by atomic mass is 10.3. The monoisotopic (exact) mass is 289 g/mol. The molecular weight excluding hydrogens is 274 g/mol. The van der Waals surface area contributed by atoms with Gasteiger partial charge in [-0.15, -0.1) is 0 Å². The quantitative estimate of drug-likeness (QED) is 0.862. The van der Waals surface area contributed by atoms with Crippen molar-refractivity contribution in [3.63, 3.8) is 0 Å². The lowest BCUT2D eigenvalue weighted by molar-refractivity contribution is 0.0771. The van der Waals surface area contributed by atoms with Crippen LogP contribution in [0.5, 0.6) is 5.75 Å². The van der Waals surface area contributed by atoms with Gasteiger partial charge in [0.2, 0.25) is 0 Å². The van der Waals surface area contributed by atoms with Crippen molar-refractivity contribution in [2.75, 3.05) is 13.1 Å². The number of furan rings is 1. The zero-order valence-electron chi connectivity index (χ0n) is 11.6. The second-order valence-electron chi connectivity index (χ2n) is 5.01. The molecule has 3 rings (SSSR count). The van der Waals surface area contributed by atoms with Gasteiger partial charge in [0.15, 0.2) is 0 Å². The van der Waals surface area contributed by atoms with Crippen LogP contribution in [0, 0.1) is 6.92 Å². The van der Waals surface area contributed by atoms with E-state index < -0.39 is 5.63 Å². The first-order valence-corrected chi connectivity index (χ1v) is 6.72. The number of ether oxygens (including phenoxy) is 1. The minimum atomic E-state index is -0.436. The fraction of sp³-hybridized carbons (Fsp3) is 0.333. The van der Waals surface area contributed by atoms with Crippen LogP contribution in [0.2, 0.25) is 0 Å². The predicted molar refractivity (Wildman–Crippen MR) is 73.4 cm³/mol. The third-order valence-electron chi connectivity index (χ3n) is 3.37. The zero-order valence-corrected chi connectivity index (χ0v) is 11.6. The summed E-state index contributed by atoms with van der Waals surface area (Å²) < 4.78 is 15.6. The Balaban J connectivity index is 1.64. The largest absolute Gasteiger partial charge is 0.488 e. The molecule has 2 aromatic heterocycles. The van der Waals surface area contributed by atoms with E-state index in [-0.39, 0.29) is 12.0 Å². The van der Waals surface area contributed by atoms with Crippen LogP contribution >= 0.6 is 0 Å². The minimum absolute atomic E-state index is 0.0707. The summed E-state index contributed by atoms with van der Waals surface area (Å²) in [5.41, 5.74) is 0.0983. The van der Waals surface area contributed by atoms with Crippen LogP contribution in [0.25, 0.3) is 0 Å². The Hall–Kier alpha value is -2.50. The highest BCUT2D eigenvalue weighted by molar-refractivity contribution is 5.94. The SMILES string of the molecule is Cc1cc(O[C@@H]2CCN(C(=O)c3ccoc3)C2)cc(=O)o1. The zero-order chi connectivity index (χ0) is 14.8. The van der Waals surface area contributed by atoms with Gasteiger partial charge in [0.05, 0.1) is 24.4 Å². The van der Waals surface area contributed by atoms with E-state index >= 15 is 0 Å². The molecule has 110 valence electrons. The number of carbonyl (C=O) groups is 1. The summed E-state index contributed by atoms with van der Waals surface area (Å²) in [6, 6.07) is 4.62. The molecule has 0 aliphatic carbocycles. The Labute approximate surface area is 120 Å². The average Bonchev–Trinajstić information content (AvgIpc) is 3.07. The molecule has 1 atom stereocenters. The first-order chi connectivity index (χ1) is 10.1. The van der Waals surface area contributed by atoms with Gasteiger partial charge >= 0.3 is 5.63 Å². The van der Waals surface area contributed by atoms with E-state index in [0.29, 0.717) is 30.2 Å². The van der Waals surface area contributed by atoms with E-state index in [0.717, 1.165) is 6.42 Å². The molecule has 6 nitrogen and oxygen atoms in total. The number of amides is 1. The van der Waals surface area contributed by atoms with Crippen molar-refractivity contribution in [2.45, 2.75) is 19.4 Å². The summed E-state index contributed by atoms with van der Waals surface area (Å²) in [4.78, 5) is 25.2. The molecule has 3 heterocycles. The molecule has 1 fully saturated rings. The van der Waals surface area contributed by atoms with Crippen molar-refractivity contribution in [1.82, 2.24) is 4.90 Å². The first-order valence-electron chi connectivity index (χ1n) is 6.72. The third kappa shape index (κ3) is 2.99. The molecule has 1 amide bonds. The molecule has 1 aliphatic rings. The number of likely N-dealkylation sites (tertiary alicyclic amines) is 1. The van der Waals surface area contributed by atoms with Gasteiger partial charge in [0, 0.05) is 19.0 Å². The summed E-state index contributed by atoms with van der Waals surface area (Å²) >= 11 is 0. The van der Waals surface area contributed by atoms with Gasteiger partial charge in [0.25, 0.3) is 5.91 Å². The maximum Gasteiger partial charge on any atom is 0.339 e. The normalized spacial score (nSPS) is 18.0. The molecule has 6 heteroatoms. The smallest absolute Gasteiger partial charge is 0.339 e. The molecule has 0 saturated carbocycles. The van der Waals surface area contributed by atoms with Crippen molar-refractivity contribution < 1.29 is 18.4 Å². The van der Waals surface area contributed by atoms with Crippen molar-refractivity contribution in [3.05, 3.63) is 52.5 Å². The molecule has 1 saturated heterocycles. The van der Waals surface area contributed by atoms with Gasteiger partial charge in [-0.3, -0.25) is 4.79 Å². The number of hydrogen-bond acceptors (Lipinski definition) is 5. The van der Waals surface area contributed by atoms with E-state index in [1.165, 1.54) is 18.6 Å². The molecule has 21 heavy (non-hydrogen) atoms. The first kappa shape index (κ1) is 13.5. The Kier molecular flexibility index (Phi) is 3.51. The Morgan fingerprint density at radius 1 is 1.43 bits per heavy atom. The van der Waals surface area contributed by atoms with Crippen LogP contribution in [-0.2, 0) is 0 Å². The maximum atomic E-state index is 12.2. The fourth-order valence-electron chi connectivity index (χ4n) is 2.41. The lowest BCUT2D eigenvalue weighted by Crippen LogP contribution is -2.30. The topological polar surface area (TPSA) is 72.9 Å². The molecule has 0 bridgehead atoms. The van der Waals surface area contributed by atoms with Crippen molar-refractivity contribution in [2.24, 2.45) is 0 Å². The van der Waals surface area contributed by atoms with Gasteiger partial charge in [-0.05, 0) is 13.0 Å². The van der Waals surface area contributed by atoms with Crippen molar-refractivity contribution in [3.8, 4) is 5.75 Å². The van der Waals surface area contributed by atoms with Gasteiger partial charge in [-0.25, -0.2) is 4.79 Å². The second kappa shape index (κ2) is 5.47. The van der Waals surface area contributed by atoms with Gasteiger partial charge < -0.3 is 18.5 Å². The molecule has 1 aliphatic heterocycles. The van der Waals surface area contributed by atoms with E-state index in [9.17, 15) is 9.59 Å². The summed E-state index contributed by atoms with van der Waals surface area (Å²) in [6.45, 7) is 2.80. The van der Waals surface area contributed by atoms with Gasteiger partial charge in [-0.2, -0.15) is 0 Å². The molecule has 0 spiro atoms. The lowest BCUT2D eigenvalue weighted by Gasteiger charge is -2.16. The number of hydrogen-bond donors (Lipinski definition) is 0. The minimum Gasteiger partial charge on any atom is -0.488 e. The van der Waals surface area contributed by atoms with Crippen LogP contribution in [0.1, 0.15) is 22.5 Å². The summed E-state index contributed by atoms with van der Waals surface area (Å²) in [7, 11) is 0. The maximum absolute atomic E-state index is 12.2. The third-order valence-corrected chi connectivity index (χ3v) is 3.37. The van der Waals surface area contributed by atoms with E-state index in [1.807, 2.05) is 0 Å². The van der Waals surface area contributed by atoms with E-state index in [2.05, 4.69) is 0 Å². The van der Waals surface area contributed by atoms with Crippen LogP contribution in [0.3, 0.4) is 0 Å². The summed E-state index contributed by atoms with van der Waals surface area (Å²) in [5.74, 6) is 0.909. The Morgan fingerprint density at radius 2 is 2.29 bits per heavy atom. The van der Waals surface area contributed by atoms with Crippen LogP contribution in [0.4, 0.5) is 0 Å². The fourth-order valence-corrected chi connectivity index (χ4v) is 2.41. The van der Waals surface area contributed by atoms with Gasteiger partial charge in [0.1, 0.15) is 23.9 Å². The standard InChI is InChI=1S/C15H15NO5/c1-10-6-13(7-14(17)20-10)21-12-2-4-16(8-12)15(18)11-3-5-19-9-11/h3,5-7,9,12H,2,4,8H2,1H3/t12-/m1/s1. The second-order valence-corrected chi connectivity index (χ2v) is 5.01. The molecule has 0 aromatic carbocycles. The number of aryl methyl sites for hydroxylation is 1. The van der Waals surface area contributed by atoms with Crippen molar-refractivity contribution >= 4 is 5.91 Å². The van der Waals surface area contributed by atoms with Crippen LogP contribution in [-0.4, -0.2) is 30.0 Å². The highest BCUT2D eigenvalue weighted by Crippen LogP contribution is 2.19. The van der Waals surface area contributed by atoms with Crippen molar-refractivity contribution in [1.29, 1.82) is 0 Å². The summed E-state index contributed by atoms with van der Waals surface area (Å²) in [5, 5.41) is 0. The molecule has 0 radical (unpaired) electrons. The van der Waals surface area contributed by atoms with E-state index in [4.69, 9.17) is 13.6 Å². The highest BCUT2D eigenvalue weighted by Gasteiger charge is 2.28. The number of rotatable bonds is 3.